The van der Waals surface area contributed by atoms with Gasteiger partial charge >= 0.3 is 0 Å². The second-order valence-electron chi connectivity index (χ2n) is 7.51. The third kappa shape index (κ3) is 6.02. The summed E-state index contributed by atoms with van der Waals surface area (Å²) in [5, 5.41) is 2.81. The van der Waals surface area contributed by atoms with Gasteiger partial charge in [0.1, 0.15) is 0 Å². The van der Waals surface area contributed by atoms with E-state index in [0.717, 1.165) is 25.7 Å². The van der Waals surface area contributed by atoms with Crippen molar-refractivity contribution in [2.45, 2.75) is 57.8 Å². The van der Waals surface area contributed by atoms with Crippen molar-refractivity contribution in [3.05, 3.63) is 24.3 Å². The second-order valence-corrected chi connectivity index (χ2v) is 9.45. The normalized spacial score (nSPS) is 17.2. The smallest absolute Gasteiger partial charge is 0.243 e. The average Bonchev–Trinajstić information content (AvgIpc) is 3.07. The lowest BCUT2D eigenvalue weighted by atomic mass is 10.1. The summed E-state index contributed by atoms with van der Waals surface area (Å²) in [6.45, 7) is 8.08. The van der Waals surface area contributed by atoms with Crippen LogP contribution in [0, 0.1) is 5.92 Å². The van der Waals surface area contributed by atoms with Crippen molar-refractivity contribution in [3.63, 3.8) is 0 Å². The summed E-state index contributed by atoms with van der Waals surface area (Å²) in [4.78, 5) is 26.5. The van der Waals surface area contributed by atoms with Crippen molar-refractivity contribution in [2.75, 3.05) is 31.5 Å². The zero-order chi connectivity index (χ0) is 21.4. The minimum Gasteiger partial charge on any atom is -0.342 e. The fourth-order valence-electron chi connectivity index (χ4n) is 3.47. The van der Waals surface area contributed by atoms with E-state index in [2.05, 4.69) is 12.2 Å². The molecule has 0 spiro atoms. The number of carbonyl (C=O) groups excluding carboxylic acids is 2. The summed E-state index contributed by atoms with van der Waals surface area (Å²) in [6.07, 6.45) is 3.67. The van der Waals surface area contributed by atoms with Crippen LogP contribution in [-0.4, -0.2) is 55.6 Å². The number of nitrogens with one attached hydrogen (secondary N) is 1. The van der Waals surface area contributed by atoms with Crippen molar-refractivity contribution >= 4 is 27.5 Å². The Labute approximate surface area is 174 Å². The first-order valence-electron chi connectivity index (χ1n) is 10.5. The molecule has 2 rings (SSSR count). The second kappa shape index (κ2) is 10.7. The maximum absolute atomic E-state index is 12.8. The number of benzene rings is 1. The summed E-state index contributed by atoms with van der Waals surface area (Å²) in [5.74, 6) is -0.550. The first kappa shape index (κ1) is 23.3. The summed E-state index contributed by atoms with van der Waals surface area (Å²) >= 11 is 0. The van der Waals surface area contributed by atoms with Crippen LogP contribution >= 0.6 is 0 Å². The highest BCUT2D eigenvalue weighted by Crippen LogP contribution is 2.22. The van der Waals surface area contributed by atoms with E-state index < -0.39 is 10.0 Å². The van der Waals surface area contributed by atoms with Gasteiger partial charge in [0.05, 0.1) is 10.8 Å². The third-order valence-electron chi connectivity index (χ3n) is 5.07. The SMILES string of the molecule is CCCCN1C[C@H](C(=O)Nc2ccc(S(=O)(=O)N(CCC)CCC)cc2)CC1=O. The minimum atomic E-state index is -3.54. The fourth-order valence-corrected chi connectivity index (χ4v) is 5.09. The van der Waals surface area contributed by atoms with Gasteiger partial charge in [-0.05, 0) is 43.5 Å². The van der Waals surface area contributed by atoms with E-state index in [1.807, 2.05) is 13.8 Å². The van der Waals surface area contributed by atoms with Gasteiger partial charge in [0.25, 0.3) is 0 Å². The molecular formula is C21H33N3O4S. The molecule has 7 nitrogen and oxygen atoms in total. The number of amides is 2. The maximum atomic E-state index is 12.8. The van der Waals surface area contributed by atoms with Crippen molar-refractivity contribution in [1.82, 2.24) is 9.21 Å². The van der Waals surface area contributed by atoms with Gasteiger partial charge in [-0.3, -0.25) is 9.59 Å². The van der Waals surface area contributed by atoms with Crippen LogP contribution in [0.15, 0.2) is 29.2 Å². The summed E-state index contributed by atoms with van der Waals surface area (Å²) in [5.41, 5.74) is 0.533. The van der Waals surface area contributed by atoms with E-state index in [1.165, 1.54) is 16.4 Å². The number of nitrogens with zero attached hydrogens (tertiary/aromatic N) is 2. The number of likely N-dealkylation sites (tertiary alicyclic amines) is 1. The van der Waals surface area contributed by atoms with Crippen LogP contribution < -0.4 is 5.32 Å². The summed E-state index contributed by atoms with van der Waals surface area (Å²) in [7, 11) is -3.54. The lowest BCUT2D eigenvalue weighted by molar-refractivity contribution is -0.128. The van der Waals surface area contributed by atoms with E-state index in [1.54, 1.807) is 17.0 Å². The molecule has 0 aliphatic carbocycles. The molecule has 162 valence electrons. The standard InChI is InChI=1S/C21H33N3O4S/c1-4-7-14-23-16-17(15-20(23)25)21(26)22-18-8-10-19(11-9-18)29(27,28)24(12-5-2)13-6-3/h8-11,17H,4-7,12-16H2,1-3H3,(H,22,26)/t17-/m1/s1. The number of rotatable bonds is 11. The maximum Gasteiger partial charge on any atom is 0.243 e. The lowest BCUT2D eigenvalue weighted by Gasteiger charge is -2.21. The first-order valence-corrected chi connectivity index (χ1v) is 12.0. The van der Waals surface area contributed by atoms with Gasteiger partial charge < -0.3 is 10.2 Å². The van der Waals surface area contributed by atoms with E-state index in [-0.39, 0.29) is 29.0 Å². The van der Waals surface area contributed by atoms with E-state index in [4.69, 9.17) is 0 Å². The minimum absolute atomic E-state index is 0.0204. The van der Waals surface area contributed by atoms with Gasteiger partial charge in [0.2, 0.25) is 21.8 Å². The fraction of sp³-hybridized carbons (Fsp3) is 0.619. The number of anilines is 1. The quantitative estimate of drug-likeness (QED) is 0.593. The highest BCUT2D eigenvalue weighted by atomic mass is 32.2. The molecule has 1 aromatic rings. The Hall–Kier alpha value is -1.93. The third-order valence-corrected chi connectivity index (χ3v) is 6.99. The zero-order valence-electron chi connectivity index (χ0n) is 17.7. The van der Waals surface area contributed by atoms with E-state index in [9.17, 15) is 18.0 Å². The van der Waals surface area contributed by atoms with Gasteiger partial charge in [0, 0.05) is 38.3 Å². The molecule has 0 unspecified atom stereocenters. The van der Waals surface area contributed by atoms with Crippen molar-refractivity contribution < 1.29 is 18.0 Å². The van der Waals surface area contributed by atoms with Gasteiger partial charge in [-0.2, -0.15) is 4.31 Å². The predicted octanol–water partition coefficient (Wildman–Crippen LogP) is 3.08. The number of hydrogen-bond acceptors (Lipinski definition) is 4. The van der Waals surface area contributed by atoms with Crippen LogP contribution in [0.5, 0.6) is 0 Å². The predicted molar refractivity (Wildman–Crippen MR) is 114 cm³/mol. The molecule has 1 atom stereocenters. The van der Waals surface area contributed by atoms with Crippen molar-refractivity contribution in [3.8, 4) is 0 Å². The molecule has 0 radical (unpaired) electrons. The Morgan fingerprint density at radius 1 is 1.10 bits per heavy atom. The van der Waals surface area contributed by atoms with Gasteiger partial charge in [-0.15, -0.1) is 0 Å². The number of unbranched alkanes of at least 4 members (excludes halogenated alkanes) is 1. The Balaban J connectivity index is 2.01. The summed E-state index contributed by atoms with van der Waals surface area (Å²) < 4.78 is 27.1. The highest BCUT2D eigenvalue weighted by molar-refractivity contribution is 7.89. The zero-order valence-corrected chi connectivity index (χ0v) is 18.5. The monoisotopic (exact) mass is 423 g/mol. The Morgan fingerprint density at radius 3 is 2.28 bits per heavy atom. The molecule has 0 bridgehead atoms. The van der Waals surface area contributed by atoms with Crippen LogP contribution in [-0.2, 0) is 19.6 Å². The Morgan fingerprint density at radius 2 is 1.72 bits per heavy atom. The van der Waals surface area contributed by atoms with E-state index >= 15 is 0 Å². The van der Waals surface area contributed by atoms with Crippen molar-refractivity contribution in [1.29, 1.82) is 0 Å². The average molecular weight is 424 g/mol. The van der Waals surface area contributed by atoms with Crippen LogP contribution in [0.25, 0.3) is 0 Å². The number of sulfonamides is 1. The molecular weight excluding hydrogens is 390 g/mol. The molecule has 1 saturated heterocycles. The molecule has 1 aliphatic rings. The molecule has 8 heteroatoms. The van der Waals surface area contributed by atoms with Crippen LogP contribution in [0.1, 0.15) is 52.9 Å². The molecule has 1 fully saturated rings. The molecule has 1 heterocycles. The molecule has 1 aliphatic heterocycles. The highest BCUT2D eigenvalue weighted by Gasteiger charge is 2.34. The topological polar surface area (TPSA) is 86.8 Å². The molecule has 1 N–H and O–H groups in total. The van der Waals surface area contributed by atoms with Crippen molar-refractivity contribution in [2.24, 2.45) is 5.92 Å². The van der Waals surface area contributed by atoms with Gasteiger partial charge in [0.15, 0.2) is 0 Å². The molecule has 0 aromatic heterocycles. The molecule has 1 aromatic carbocycles. The Kier molecular flexibility index (Phi) is 8.64. The van der Waals surface area contributed by atoms with Crippen LogP contribution in [0.3, 0.4) is 0 Å². The Bertz CT molecular complexity index is 787. The molecule has 2 amide bonds. The van der Waals surface area contributed by atoms with E-state index in [0.29, 0.717) is 31.9 Å². The molecule has 0 saturated carbocycles. The largest absolute Gasteiger partial charge is 0.342 e. The first-order chi connectivity index (χ1) is 13.8. The molecule has 29 heavy (non-hydrogen) atoms. The van der Waals surface area contributed by atoms with Gasteiger partial charge in [-0.1, -0.05) is 27.2 Å². The van der Waals surface area contributed by atoms with Gasteiger partial charge in [-0.25, -0.2) is 8.42 Å². The number of hydrogen-bond donors (Lipinski definition) is 1. The van der Waals surface area contributed by atoms with Crippen LogP contribution in [0.2, 0.25) is 0 Å². The summed E-state index contributed by atoms with van der Waals surface area (Å²) in [6, 6.07) is 6.26. The van der Waals surface area contributed by atoms with Crippen LogP contribution in [0.4, 0.5) is 5.69 Å². The number of carbonyl (C=O) groups is 2. The lowest BCUT2D eigenvalue weighted by Crippen LogP contribution is -2.32.